The number of benzene rings is 1. The Morgan fingerprint density at radius 3 is 2.65 bits per heavy atom. The van der Waals surface area contributed by atoms with Crippen LogP contribution in [0.1, 0.15) is 5.56 Å². The average Bonchev–Trinajstić information content (AvgIpc) is 2.54. The van der Waals surface area contributed by atoms with E-state index in [0.717, 1.165) is 5.56 Å². The molecule has 1 aliphatic heterocycles. The van der Waals surface area contributed by atoms with Gasteiger partial charge in [0.15, 0.2) is 5.04 Å². The Morgan fingerprint density at radius 1 is 1.35 bits per heavy atom. The first-order valence-corrected chi connectivity index (χ1v) is 7.15. The largest absolute Gasteiger partial charge is 0.486 e. The summed E-state index contributed by atoms with van der Waals surface area (Å²) in [5.74, 6) is 0.661. The molecule has 90 valence electrons. The van der Waals surface area contributed by atoms with E-state index in [9.17, 15) is 8.42 Å². The quantitative estimate of drug-likeness (QED) is 0.860. The highest BCUT2D eigenvalue weighted by Gasteiger charge is 2.28. The number of sulfone groups is 1. The van der Waals surface area contributed by atoms with Gasteiger partial charge in [0.25, 0.3) is 0 Å². The van der Waals surface area contributed by atoms with Crippen LogP contribution in [0.3, 0.4) is 0 Å². The third kappa shape index (κ3) is 2.42. The minimum absolute atomic E-state index is 0.0210. The molecule has 0 aromatic heterocycles. The summed E-state index contributed by atoms with van der Waals surface area (Å²) < 4.78 is 28.9. The van der Waals surface area contributed by atoms with Gasteiger partial charge < -0.3 is 4.74 Å². The van der Waals surface area contributed by atoms with Crippen LogP contribution in [0.4, 0.5) is 0 Å². The van der Waals surface area contributed by atoms with Crippen LogP contribution in [0.2, 0.25) is 0 Å². The number of hydrogen-bond acceptors (Lipinski definition) is 4. The molecule has 1 aliphatic rings. The topological polar surface area (TPSA) is 55.7 Å². The molecule has 0 N–H and O–H groups in total. The van der Waals surface area contributed by atoms with Crippen LogP contribution in [0.5, 0.6) is 5.75 Å². The molecule has 0 saturated heterocycles. The third-order valence-corrected chi connectivity index (χ3v) is 5.27. The summed E-state index contributed by atoms with van der Waals surface area (Å²) in [5.41, 5.74) is 0.954. The molecule has 0 atom stereocenters. The summed E-state index contributed by atoms with van der Waals surface area (Å²) in [7, 11) is -3.45. The number of rotatable bonds is 3. The zero-order valence-electron chi connectivity index (χ0n) is 9.05. The average molecular weight is 316 g/mol. The van der Waals surface area contributed by atoms with Crippen molar-refractivity contribution in [3.05, 3.63) is 39.8 Å². The number of nitrogens with zero attached hydrogens (tertiary/aromatic N) is 1. The van der Waals surface area contributed by atoms with Crippen LogP contribution >= 0.6 is 15.9 Å². The summed E-state index contributed by atoms with van der Waals surface area (Å²) in [6, 6.07) is 7.42. The van der Waals surface area contributed by atoms with Crippen LogP contribution in [0, 0.1) is 6.92 Å². The molecule has 0 unspecified atom stereocenters. The van der Waals surface area contributed by atoms with Crippen LogP contribution < -0.4 is 4.74 Å². The Hall–Kier alpha value is -1.14. The number of halogens is 1. The van der Waals surface area contributed by atoms with Gasteiger partial charge in [0.1, 0.15) is 16.2 Å². The van der Waals surface area contributed by atoms with E-state index in [1.54, 1.807) is 6.07 Å². The van der Waals surface area contributed by atoms with E-state index < -0.39 is 9.84 Å². The molecular weight excluding hydrogens is 306 g/mol. The maximum absolute atomic E-state index is 11.7. The predicted molar refractivity (Wildman–Crippen MR) is 70.0 cm³/mol. The standard InChI is InChI=1S/C11H10BrNO3S/c1-8-4-2-3-5-9(8)16-7-11-13-6-10(12)17(11,14)15/h2-6H,7H2,1H3. The van der Waals surface area contributed by atoms with Gasteiger partial charge in [0.05, 0.1) is 6.20 Å². The van der Waals surface area contributed by atoms with Crippen molar-refractivity contribution in [2.24, 2.45) is 4.99 Å². The van der Waals surface area contributed by atoms with Crippen molar-refractivity contribution in [3.8, 4) is 5.75 Å². The van der Waals surface area contributed by atoms with Crippen molar-refractivity contribution in [1.82, 2.24) is 0 Å². The molecule has 0 spiro atoms. The highest BCUT2D eigenvalue weighted by Crippen LogP contribution is 2.23. The number of aliphatic imine (C=N–C) groups is 1. The zero-order chi connectivity index (χ0) is 12.5. The smallest absolute Gasteiger partial charge is 0.231 e. The second kappa shape index (κ2) is 4.62. The lowest BCUT2D eigenvalue weighted by Gasteiger charge is -2.08. The van der Waals surface area contributed by atoms with Gasteiger partial charge in [-0.25, -0.2) is 13.4 Å². The molecule has 6 heteroatoms. The SMILES string of the molecule is Cc1ccccc1OCC1=NC=C(Br)S1(=O)=O. The van der Waals surface area contributed by atoms with Gasteiger partial charge in [-0.1, -0.05) is 18.2 Å². The predicted octanol–water partition coefficient (Wildman–Crippen LogP) is 2.39. The molecule has 17 heavy (non-hydrogen) atoms. The first-order chi connectivity index (χ1) is 8.01. The van der Waals surface area contributed by atoms with Crippen LogP contribution in [-0.4, -0.2) is 20.1 Å². The molecular formula is C11H10BrNO3S. The highest BCUT2D eigenvalue weighted by molar-refractivity contribution is 9.14. The first-order valence-electron chi connectivity index (χ1n) is 4.87. The number of aryl methyl sites for hydroxylation is 1. The van der Waals surface area contributed by atoms with Crippen LogP contribution in [0.15, 0.2) is 39.3 Å². The van der Waals surface area contributed by atoms with Gasteiger partial charge in [0, 0.05) is 0 Å². The highest BCUT2D eigenvalue weighted by atomic mass is 79.9. The van der Waals surface area contributed by atoms with E-state index >= 15 is 0 Å². The van der Waals surface area contributed by atoms with Gasteiger partial charge >= 0.3 is 0 Å². The molecule has 0 radical (unpaired) electrons. The van der Waals surface area contributed by atoms with Crippen molar-refractivity contribution >= 4 is 30.8 Å². The maximum atomic E-state index is 11.7. The molecule has 0 saturated carbocycles. The molecule has 0 aliphatic carbocycles. The summed E-state index contributed by atoms with van der Waals surface area (Å²) in [6.45, 7) is 1.84. The van der Waals surface area contributed by atoms with E-state index in [-0.39, 0.29) is 15.5 Å². The maximum Gasteiger partial charge on any atom is 0.231 e. The van der Waals surface area contributed by atoms with Crippen LogP contribution in [-0.2, 0) is 9.84 Å². The van der Waals surface area contributed by atoms with Crippen molar-refractivity contribution in [1.29, 1.82) is 0 Å². The normalized spacial score (nSPS) is 17.5. The monoisotopic (exact) mass is 315 g/mol. The molecule has 2 rings (SSSR count). The molecule has 0 bridgehead atoms. The van der Waals surface area contributed by atoms with Crippen molar-refractivity contribution in [2.75, 3.05) is 6.61 Å². The van der Waals surface area contributed by atoms with E-state index in [2.05, 4.69) is 20.9 Å². The number of hydrogen-bond donors (Lipinski definition) is 0. The Morgan fingerprint density at radius 2 is 2.06 bits per heavy atom. The second-order valence-electron chi connectivity index (χ2n) is 3.51. The molecule has 0 fully saturated rings. The molecule has 0 amide bonds. The van der Waals surface area contributed by atoms with Gasteiger partial charge in [0.2, 0.25) is 9.84 Å². The third-order valence-electron chi connectivity index (χ3n) is 2.32. The fraction of sp³-hybridized carbons (Fsp3) is 0.182. The van der Waals surface area contributed by atoms with Crippen LogP contribution in [0.25, 0.3) is 0 Å². The van der Waals surface area contributed by atoms with Gasteiger partial charge in [-0.05, 0) is 34.5 Å². The van der Waals surface area contributed by atoms with Crippen molar-refractivity contribution < 1.29 is 13.2 Å². The Kier molecular flexibility index (Phi) is 3.35. The minimum Gasteiger partial charge on any atom is -0.486 e. The van der Waals surface area contributed by atoms with Gasteiger partial charge in [-0.15, -0.1) is 0 Å². The fourth-order valence-electron chi connectivity index (χ4n) is 1.35. The van der Waals surface area contributed by atoms with E-state index in [1.165, 1.54) is 6.20 Å². The Balaban J connectivity index is 2.10. The zero-order valence-corrected chi connectivity index (χ0v) is 11.5. The van der Waals surface area contributed by atoms with E-state index in [1.807, 2.05) is 25.1 Å². The molecule has 4 nitrogen and oxygen atoms in total. The van der Waals surface area contributed by atoms with Gasteiger partial charge in [-0.3, -0.25) is 0 Å². The lowest BCUT2D eigenvalue weighted by molar-refractivity contribution is 0.376. The lowest BCUT2D eigenvalue weighted by atomic mass is 10.2. The second-order valence-corrected chi connectivity index (χ2v) is 6.81. The molecule has 1 heterocycles. The van der Waals surface area contributed by atoms with E-state index in [0.29, 0.717) is 5.75 Å². The fourth-order valence-corrected chi connectivity index (χ4v) is 2.83. The summed E-state index contributed by atoms with van der Waals surface area (Å²) in [6.07, 6.45) is 1.27. The summed E-state index contributed by atoms with van der Waals surface area (Å²) in [5, 5.41) is 0.0210. The van der Waals surface area contributed by atoms with Crippen molar-refractivity contribution in [3.63, 3.8) is 0 Å². The van der Waals surface area contributed by atoms with E-state index in [4.69, 9.17) is 4.74 Å². The van der Waals surface area contributed by atoms with Gasteiger partial charge in [-0.2, -0.15) is 0 Å². The minimum atomic E-state index is -3.45. The number of ether oxygens (including phenoxy) is 1. The summed E-state index contributed by atoms with van der Waals surface area (Å²) >= 11 is 2.94. The Bertz CT molecular complexity index is 605. The Labute approximate surface area is 108 Å². The molecule has 1 aromatic carbocycles. The first kappa shape index (κ1) is 12.3. The molecule has 1 aromatic rings. The van der Waals surface area contributed by atoms with Crippen molar-refractivity contribution in [2.45, 2.75) is 6.92 Å². The summed E-state index contributed by atoms with van der Waals surface area (Å²) in [4.78, 5) is 3.81. The number of para-hydroxylation sites is 1. The lowest BCUT2D eigenvalue weighted by Crippen LogP contribution is -2.19.